The molecule has 0 radical (unpaired) electrons. The molecule has 0 aromatic heterocycles. The topological polar surface area (TPSA) is 35.2 Å². The molecule has 16 heavy (non-hydrogen) atoms. The number of fused-ring (bicyclic) bond motifs is 1. The Labute approximate surface area is 101 Å². The highest BCUT2D eigenvalue weighted by Gasteiger charge is 2.34. The molecule has 2 aliphatic rings. The van der Waals surface area contributed by atoms with Gasteiger partial charge in [-0.1, -0.05) is 18.2 Å². The zero-order valence-corrected chi connectivity index (χ0v) is 10.1. The first-order chi connectivity index (χ1) is 7.86. The molecule has 1 aromatic carbocycles. The van der Waals surface area contributed by atoms with Crippen LogP contribution in [0, 0.1) is 5.92 Å². The van der Waals surface area contributed by atoms with Crippen LogP contribution >= 0.6 is 11.8 Å². The van der Waals surface area contributed by atoms with Gasteiger partial charge >= 0.3 is 0 Å². The van der Waals surface area contributed by atoms with Crippen LogP contribution in [0.15, 0.2) is 29.2 Å². The van der Waals surface area contributed by atoms with Crippen LogP contribution in [0.25, 0.3) is 0 Å². The fourth-order valence-electron chi connectivity index (χ4n) is 2.69. The second kappa shape index (κ2) is 4.40. The number of nitrogens with two attached hydrogens (primary N) is 1. The lowest BCUT2D eigenvalue weighted by atomic mass is 9.85. The Balaban J connectivity index is 1.81. The molecule has 3 unspecified atom stereocenters. The molecule has 0 amide bonds. The molecule has 3 heteroatoms. The van der Waals surface area contributed by atoms with Gasteiger partial charge < -0.3 is 10.5 Å². The average Bonchev–Trinajstić information content (AvgIpc) is 2.98. The van der Waals surface area contributed by atoms with Gasteiger partial charge in [-0.25, -0.2) is 0 Å². The largest absolute Gasteiger partial charge is 0.381 e. The van der Waals surface area contributed by atoms with Gasteiger partial charge in [0.1, 0.15) is 0 Å². The van der Waals surface area contributed by atoms with Gasteiger partial charge in [-0.3, -0.25) is 0 Å². The Bertz CT molecular complexity index is 376. The van der Waals surface area contributed by atoms with E-state index in [0.717, 1.165) is 25.4 Å². The van der Waals surface area contributed by atoms with Gasteiger partial charge in [-0.15, -0.1) is 11.8 Å². The number of benzene rings is 1. The summed E-state index contributed by atoms with van der Waals surface area (Å²) in [6.45, 7) is 1.74. The number of hydrogen-bond acceptors (Lipinski definition) is 3. The predicted octanol–water partition coefficient (Wildman–Crippen LogP) is 2.24. The first kappa shape index (κ1) is 10.6. The van der Waals surface area contributed by atoms with Gasteiger partial charge in [-0.05, 0) is 18.1 Å². The Morgan fingerprint density at radius 1 is 1.38 bits per heavy atom. The number of rotatable bonds is 2. The summed E-state index contributed by atoms with van der Waals surface area (Å²) in [6.07, 6.45) is 1.13. The fourth-order valence-corrected chi connectivity index (χ4v) is 4.01. The maximum atomic E-state index is 6.41. The number of thioether (sulfide) groups is 1. The second-order valence-corrected chi connectivity index (χ2v) is 5.72. The number of ether oxygens (including phenoxy) is 1. The Morgan fingerprint density at radius 3 is 3.06 bits per heavy atom. The Kier molecular flexibility index (Phi) is 2.92. The van der Waals surface area contributed by atoms with E-state index in [0.29, 0.717) is 11.8 Å². The molecule has 0 spiro atoms. The van der Waals surface area contributed by atoms with E-state index in [1.165, 1.54) is 10.5 Å². The maximum Gasteiger partial charge on any atom is 0.0510 e. The summed E-state index contributed by atoms with van der Waals surface area (Å²) in [6, 6.07) is 8.93. The van der Waals surface area contributed by atoms with Crippen molar-refractivity contribution < 1.29 is 4.74 Å². The smallest absolute Gasteiger partial charge is 0.0510 e. The summed E-state index contributed by atoms with van der Waals surface area (Å²) >= 11 is 1.94. The predicted molar refractivity (Wildman–Crippen MR) is 66.8 cm³/mol. The molecule has 2 nitrogen and oxygen atoms in total. The van der Waals surface area contributed by atoms with Gasteiger partial charge in [0, 0.05) is 35.1 Å². The number of hydrogen-bond donors (Lipinski definition) is 1. The molecular formula is C13H17NOS. The van der Waals surface area contributed by atoms with Crippen molar-refractivity contribution in [2.24, 2.45) is 11.7 Å². The SMILES string of the molecule is NC(C1CCOC1)C1CSc2ccccc21. The van der Waals surface area contributed by atoms with Crippen molar-refractivity contribution in [2.45, 2.75) is 23.3 Å². The van der Waals surface area contributed by atoms with E-state index in [1.54, 1.807) is 0 Å². The van der Waals surface area contributed by atoms with Crippen LogP contribution in [0.5, 0.6) is 0 Å². The molecule has 3 atom stereocenters. The maximum absolute atomic E-state index is 6.41. The summed E-state index contributed by atoms with van der Waals surface area (Å²) in [7, 11) is 0. The van der Waals surface area contributed by atoms with Crippen LogP contribution in [-0.4, -0.2) is 25.0 Å². The molecule has 1 aromatic rings. The summed E-state index contributed by atoms with van der Waals surface area (Å²) in [4.78, 5) is 1.42. The molecule has 3 rings (SSSR count). The van der Waals surface area contributed by atoms with Crippen molar-refractivity contribution in [3.8, 4) is 0 Å². The van der Waals surface area contributed by atoms with E-state index in [-0.39, 0.29) is 6.04 Å². The molecule has 2 heterocycles. The van der Waals surface area contributed by atoms with Crippen molar-refractivity contribution >= 4 is 11.8 Å². The van der Waals surface area contributed by atoms with Gasteiger partial charge in [0.15, 0.2) is 0 Å². The van der Waals surface area contributed by atoms with Gasteiger partial charge in [0.2, 0.25) is 0 Å². The van der Waals surface area contributed by atoms with E-state index >= 15 is 0 Å². The summed E-state index contributed by atoms with van der Waals surface area (Å²) in [5.41, 5.74) is 7.86. The van der Waals surface area contributed by atoms with Crippen molar-refractivity contribution in [2.75, 3.05) is 19.0 Å². The van der Waals surface area contributed by atoms with Gasteiger partial charge in [-0.2, -0.15) is 0 Å². The van der Waals surface area contributed by atoms with Crippen molar-refractivity contribution in [1.29, 1.82) is 0 Å². The van der Waals surface area contributed by atoms with Crippen LogP contribution in [0.4, 0.5) is 0 Å². The molecule has 1 fully saturated rings. The summed E-state index contributed by atoms with van der Waals surface area (Å²) < 4.78 is 5.44. The minimum atomic E-state index is 0.263. The zero-order valence-electron chi connectivity index (χ0n) is 9.26. The van der Waals surface area contributed by atoms with Crippen molar-refractivity contribution in [3.63, 3.8) is 0 Å². The molecule has 86 valence electrons. The molecule has 2 aliphatic heterocycles. The lowest BCUT2D eigenvalue weighted by molar-refractivity contribution is 0.178. The monoisotopic (exact) mass is 235 g/mol. The fraction of sp³-hybridized carbons (Fsp3) is 0.538. The average molecular weight is 235 g/mol. The van der Waals surface area contributed by atoms with Crippen molar-refractivity contribution in [1.82, 2.24) is 0 Å². The van der Waals surface area contributed by atoms with E-state index < -0.39 is 0 Å². The van der Waals surface area contributed by atoms with Gasteiger partial charge in [0.05, 0.1) is 6.61 Å². The third-order valence-electron chi connectivity index (χ3n) is 3.71. The highest BCUT2D eigenvalue weighted by molar-refractivity contribution is 7.99. The minimum absolute atomic E-state index is 0.263. The van der Waals surface area contributed by atoms with Crippen LogP contribution in [0.1, 0.15) is 17.9 Å². The lowest BCUT2D eigenvalue weighted by Crippen LogP contribution is -2.36. The molecule has 2 N–H and O–H groups in total. The van der Waals surface area contributed by atoms with E-state index in [1.807, 2.05) is 11.8 Å². The quantitative estimate of drug-likeness (QED) is 0.854. The first-order valence-corrected chi connectivity index (χ1v) is 6.90. The van der Waals surface area contributed by atoms with Crippen molar-refractivity contribution in [3.05, 3.63) is 29.8 Å². The molecule has 0 bridgehead atoms. The second-order valence-electron chi connectivity index (χ2n) is 4.66. The zero-order chi connectivity index (χ0) is 11.0. The third-order valence-corrected chi connectivity index (χ3v) is 4.92. The summed E-state index contributed by atoms with van der Waals surface area (Å²) in [5, 5.41) is 0. The van der Waals surface area contributed by atoms with Crippen LogP contribution < -0.4 is 5.73 Å². The first-order valence-electron chi connectivity index (χ1n) is 5.91. The third kappa shape index (κ3) is 1.77. The molecule has 0 aliphatic carbocycles. The lowest BCUT2D eigenvalue weighted by Gasteiger charge is -2.24. The standard InChI is InChI=1S/C13H17NOS/c14-13(9-5-6-15-7-9)11-8-16-12-4-2-1-3-10(11)12/h1-4,9,11,13H,5-8,14H2. The van der Waals surface area contributed by atoms with Crippen LogP contribution in [-0.2, 0) is 4.74 Å². The minimum Gasteiger partial charge on any atom is -0.381 e. The summed E-state index contributed by atoms with van der Waals surface area (Å²) in [5.74, 6) is 2.21. The Hall–Kier alpha value is -0.510. The molecular weight excluding hydrogens is 218 g/mol. The molecule has 0 saturated carbocycles. The Morgan fingerprint density at radius 2 is 2.25 bits per heavy atom. The van der Waals surface area contributed by atoms with Crippen LogP contribution in [0.3, 0.4) is 0 Å². The highest BCUT2D eigenvalue weighted by Crippen LogP contribution is 2.42. The van der Waals surface area contributed by atoms with E-state index in [4.69, 9.17) is 10.5 Å². The van der Waals surface area contributed by atoms with Gasteiger partial charge in [0.25, 0.3) is 0 Å². The molecule has 1 saturated heterocycles. The van der Waals surface area contributed by atoms with E-state index in [9.17, 15) is 0 Å². The normalized spacial score (nSPS) is 30.3. The van der Waals surface area contributed by atoms with Crippen LogP contribution in [0.2, 0.25) is 0 Å². The van der Waals surface area contributed by atoms with E-state index in [2.05, 4.69) is 24.3 Å². The highest BCUT2D eigenvalue weighted by atomic mass is 32.2.